The lowest BCUT2D eigenvalue weighted by atomic mass is 10.0. The topological polar surface area (TPSA) is 110 Å². The molecule has 2 N–H and O–H groups in total. The molecule has 10 heteroatoms. The summed E-state index contributed by atoms with van der Waals surface area (Å²) in [6.45, 7) is 5.72. The van der Waals surface area contributed by atoms with E-state index >= 15 is 0 Å². The number of methoxy groups -OCH3 is 1. The smallest absolute Gasteiger partial charge is 0.244 e. The fourth-order valence-corrected chi connectivity index (χ4v) is 4.93. The second-order valence-corrected chi connectivity index (χ2v) is 10.4. The van der Waals surface area contributed by atoms with Gasteiger partial charge in [0.15, 0.2) is 0 Å². The number of ether oxygens (including phenoxy) is 1. The maximum Gasteiger partial charge on any atom is 0.244 e. The molecule has 0 spiro atoms. The van der Waals surface area contributed by atoms with Gasteiger partial charge >= 0.3 is 0 Å². The van der Waals surface area contributed by atoms with E-state index in [9.17, 15) is 13.2 Å². The van der Waals surface area contributed by atoms with Crippen LogP contribution in [0.25, 0.3) is 10.6 Å². The van der Waals surface area contributed by atoms with Gasteiger partial charge in [0.1, 0.15) is 16.8 Å². The zero-order chi connectivity index (χ0) is 23.3. The molecule has 8 nitrogen and oxygen atoms in total. The summed E-state index contributed by atoms with van der Waals surface area (Å²) in [5.74, 6) is 0.340. The van der Waals surface area contributed by atoms with Crippen molar-refractivity contribution in [3.05, 3.63) is 54.1 Å². The van der Waals surface area contributed by atoms with Crippen molar-refractivity contribution in [1.82, 2.24) is 14.9 Å². The average Bonchev–Trinajstić information content (AvgIpc) is 3.21. The van der Waals surface area contributed by atoms with Crippen LogP contribution in [0, 0.1) is 12.8 Å². The van der Waals surface area contributed by atoms with E-state index in [1.807, 2.05) is 45.0 Å². The van der Waals surface area contributed by atoms with Crippen LogP contribution < -0.4 is 14.8 Å². The molecular formula is C22H26N4O4S2. The normalized spacial score (nSPS) is 12.5. The van der Waals surface area contributed by atoms with Gasteiger partial charge in [-0.05, 0) is 55.7 Å². The summed E-state index contributed by atoms with van der Waals surface area (Å²) < 4.78 is 33.3. The first-order valence-electron chi connectivity index (χ1n) is 10.1. The molecule has 1 heterocycles. The summed E-state index contributed by atoms with van der Waals surface area (Å²) in [6.07, 6.45) is 0.334. The molecule has 1 aromatic heterocycles. The molecule has 0 bridgehead atoms. The van der Waals surface area contributed by atoms with E-state index in [4.69, 9.17) is 4.74 Å². The Morgan fingerprint density at radius 2 is 1.72 bits per heavy atom. The third-order valence-corrected chi connectivity index (χ3v) is 7.02. The van der Waals surface area contributed by atoms with Gasteiger partial charge in [-0.1, -0.05) is 42.9 Å². The van der Waals surface area contributed by atoms with Gasteiger partial charge in [0.2, 0.25) is 21.1 Å². The molecule has 2 aromatic carbocycles. The number of benzene rings is 2. The highest BCUT2D eigenvalue weighted by Gasteiger charge is 2.27. The lowest BCUT2D eigenvalue weighted by Crippen LogP contribution is -2.44. The van der Waals surface area contributed by atoms with E-state index in [0.29, 0.717) is 16.6 Å². The Morgan fingerprint density at radius 1 is 1.06 bits per heavy atom. The van der Waals surface area contributed by atoms with E-state index in [1.54, 1.807) is 19.2 Å². The molecule has 32 heavy (non-hydrogen) atoms. The van der Waals surface area contributed by atoms with Crippen LogP contribution in [0.3, 0.4) is 0 Å². The van der Waals surface area contributed by atoms with Gasteiger partial charge in [0.05, 0.1) is 12.0 Å². The largest absolute Gasteiger partial charge is 0.497 e. The Labute approximate surface area is 192 Å². The molecule has 0 radical (unpaired) electrons. The van der Waals surface area contributed by atoms with Crippen molar-refractivity contribution >= 4 is 32.4 Å². The summed E-state index contributed by atoms with van der Waals surface area (Å²) in [4.78, 5) is 13.0. The minimum absolute atomic E-state index is 0.0933. The molecule has 170 valence electrons. The van der Waals surface area contributed by atoms with Crippen LogP contribution in [0.1, 0.15) is 25.8 Å². The van der Waals surface area contributed by atoms with Crippen LogP contribution in [0.2, 0.25) is 0 Å². The van der Waals surface area contributed by atoms with Crippen LogP contribution in [-0.2, 0) is 14.8 Å². The zero-order valence-electron chi connectivity index (χ0n) is 18.3. The van der Waals surface area contributed by atoms with Crippen LogP contribution in [-0.4, -0.2) is 37.7 Å². The number of sulfonamides is 1. The number of anilines is 1. The van der Waals surface area contributed by atoms with Crippen molar-refractivity contribution in [2.24, 2.45) is 5.92 Å². The summed E-state index contributed by atoms with van der Waals surface area (Å²) in [7, 11) is -2.27. The van der Waals surface area contributed by atoms with Crippen molar-refractivity contribution in [3.8, 4) is 16.3 Å². The number of carbonyl (C=O) groups is 1. The lowest BCUT2D eigenvalue weighted by Gasteiger charge is -2.19. The second-order valence-electron chi connectivity index (χ2n) is 7.75. The van der Waals surface area contributed by atoms with E-state index in [2.05, 4.69) is 20.2 Å². The number of nitrogens with zero attached hydrogens (tertiary/aromatic N) is 2. The lowest BCUT2D eigenvalue weighted by molar-refractivity contribution is -0.118. The Balaban J connectivity index is 1.75. The number of aryl methyl sites for hydroxylation is 1. The highest BCUT2D eigenvalue weighted by atomic mass is 32.2. The first-order valence-corrected chi connectivity index (χ1v) is 12.4. The van der Waals surface area contributed by atoms with Crippen molar-refractivity contribution in [2.75, 3.05) is 12.4 Å². The monoisotopic (exact) mass is 474 g/mol. The average molecular weight is 475 g/mol. The van der Waals surface area contributed by atoms with Gasteiger partial charge in [-0.3, -0.25) is 10.1 Å². The van der Waals surface area contributed by atoms with Crippen LogP contribution >= 0.6 is 11.3 Å². The van der Waals surface area contributed by atoms with E-state index < -0.39 is 22.0 Å². The summed E-state index contributed by atoms with van der Waals surface area (Å²) in [5, 5.41) is 11.8. The number of hydrogen-bond donors (Lipinski definition) is 2. The molecule has 0 fully saturated rings. The molecule has 0 aliphatic carbocycles. The highest BCUT2D eigenvalue weighted by molar-refractivity contribution is 7.89. The number of amides is 1. The summed E-state index contributed by atoms with van der Waals surface area (Å²) in [6, 6.07) is 12.9. The van der Waals surface area contributed by atoms with Gasteiger partial charge in [-0.15, -0.1) is 10.2 Å². The molecule has 1 unspecified atom stereocenters. The number of aromatic nitrogens is 2. The van der Waals surface area contributed by atoms with Crippen molar-refractivity contribution in [3.63, 3.8) is 0 Å². The molecule has 1 amide bonds. The van der Waals surface area contributed by atoms with E-state index in [1.165, 1.54) is 23.5 Å². The minimum atomic E-state index is -3.86. The van der Waals surface area contributed by atoms with Crippen LogP contribution in [0.5, 0.6) is 5.75 Å². The Morgan fingerprint density at radius 3 is 2.31 bits per heavy atom. The van der Waals surface area contributed by atoms with E-state index in [0.717, 1.165) is 16.9 Å². The van der Waals surface area contributed by atoms with Crippen LogP contribution in [0.15, 0.2) is 53.4 Å². The fourth-order valence-electron chi connectivity index (χ4n) is 2.97. The maximum atomic E-state index is 12.9. The molecule has 0 aliphatic rings. The predicted molar refractivity (Wildman–Crippen MR) is 125 cm³/mol. The summed E-state index contributed by atoms with van der Waals surface area (Å²) in [5.41, 5.74) is 1.78. The predicted octanol–water partition coefficient (Wildman–Crippen LogP) is 3.85. The van der Waals surface area contributed by atoms with Crippen molar-refractivity contribution in [1.29, 1.82) is 0 Å². The van der Waals surface area contributed by atoms with Gasteiger partial charge in [0, 0.05) is 5.56 Å². The number of hydrogen-bond acceptors (Lipinski definition) is 7. The SMILES string of the molecule is COc1ccc(-c2nnc(NC(=O)C(CC(C)C)NS(=O)(=O)c3ccc(C)cc3)s2)cc1. The molecule has 0 saturated carbocycles. The first kappa shape index (κ1) is 23.8. The van der Waals surface area contributed by atoms with Crippen molar-refractivity contribution in [2.45, 2.75) is 38.1 Å². The third kappa shape index (κ3) is 6.12. The summed E-state index contributed by atoms with van der Waals surface area (Å²) >= 11 is 1.21. The molecule has 3 aromatic rings. The number of nitrogens with one attached hydrogen (secondary N) is 2. The van der Waals surface area contributed by atoms with Gasteiger partial charge < -0.3 is 4.74 Å². The standard InChI is InChI=1S/C22H26N4O4S2/c1-14(2)13-19(26-32(28,29)18-11-5-15(3)6-12-18)20(27)23-22-25-24-21(31-22)16-7-9-17(30-4)10-8-16/h5-12,14,19,26H,13H2,1-4H3,(H,23,25,27). The van der Waals surface area contributed by atoms with Gasteiger partial charge in [-0.2, -0.15) is 4.72 Å². The number of rotatable bonds is 9. The molecule has 3 rings (SSSR count). The van der Waals surface area contributed by atoms with Gasteiger partial charge in [-0.25, -0.2) is 8.42 Å². The van der Waals surface area contributed by atoms with Crippen LogP contribution in [0.4, 0.5) is 5.13 Å². The Hall–Kier alpha value is -2.82. The molecule has 1 atom stereocenters. The Kier molecular flexibility index (Phi) is 7.60. The molecule has 0 aliphatic heterocycles. The maximum absolute atomic E-state index is 12.9. The third-order valence-electron chi connectivity index (χ3n) is 4.64. The number of carbonyl (C=O) groups excluding carboxylic acids is 1. The fraction of sp³-hybridized carbons (Fsp3) is 0.318. The van der Waals surface area contributed by atoms with Crippen molar-refractivity contribution < 1.29 is 17.9 Å². The quantitative estimate of drug-likeness (QED) is 0.487. The Bertz CT molecular complexity index is 1160. The first-order chi connectivity index (χ1) is 15.2. The minimum Gasteiger partial charge on any atom is -0.497 e. The molecular weight excluding hydrogens is 448 g/mol. The zero-order valence-corrected chi connectivity index (χ0v) is 20.0. The highest BCUT2D eigenvalue weighted by Crippen LogP contribution is 2.28. The molecule has 0 saturated heterocycles. The van der Waals surface area contributed by atoms with E-state index in [-0.39, 0.29) is 10.8 Å². The second kappa shape index (κ2) is 10.2. The van der Waals surface area contributed by atoms with Gasteiger partial charge in [0.25, 0.3) is 0 Å².